The molecule has 0 bridgehead atoms. The number of alkyl halides is 3. The lowest BCUT2D eigenvalue weighted by Crippen LogP contribution is -2.30. The first-order valence-corrected chi connectivity index (χ1v) is 6.87. The maximum absolute atomic E-state index is 12.1. The molecule has 1 aromatic carbocycles. The van der Waals surface area contributed by atoms with Crippen molar-refractivity contribution in [1.29, 1.82) is 0 Å². The number of halogens is 3. The molecule has 1 aromatic rings. The summed E-state index contributed by atoms with van der Waals surface area (Å²) in [6, 6.07) is 6.12. The minimum atomic E-state index is -4.64. The van der Waals surface area contributed by atoms with E-state index in [1.54, 1.807) is 12.1 Å². The topological polar surface area (TPSA) is 35.2 Å². The summed E-state index contributed by atoms with van der Waals surface area (Å²) in [7, 11) is 0. The third-order valence-electron chi connectivity index (χ3n) is 4.12. The van der Waals surface area contributed by atoms with Crippen LogP contribution in [0.4, 0.5) is 13.2 Å². The van der Waals surface area contributed by atoms with Gasteiger partial charge in [0.05, 0.1) is 0 Å². The van der Waals surface area contributed by atoms with E-state index in [1.807, 2.05) is 0 Å². The van der Waals surface area contributed by atoms with E-state index in [9.17, 15) is 13.2 Å². The molecule has 0 saturated heterocycles. The van der Waals surface area contributed by atoms with E-state index in [0.29, 0.717) is 12.5 Å². The van der Waals surface area contributed by atoms with Gasteiger partial charge in [-0.2, -0.15) is 0 Å². The Balaban J connectivity index is 2.03. The minimum absolute atomic E-state index is 0.103. The number of ether oxygens (including phenoxy) is 1. The molecule has 1 aliphatic rings. The summed E-state index contributed by atoms with van der Waals surface area (Å²) in [5, 5.41) is 0. The molecule has 0 amide bonds. The number of hydrogen-bond acceptors (Lipinski definition) is 2. The highest BCUT2D eigenvalue weighted by molar-refractivity contribution is 5.28. The zero-order chi connectivity index (χ0) is 14.8. The van der Waals surface area contributed by atoms with Crippen LogP contribution in [0.3, 0.4) is 0 Å². The van der Waals surface area contributed by atoms with Crippen LogP contribution in [0.1, 0.15) is 31.7 Å². The number of nitrogens with two attached hydrogens (primary N) is 1. The van der Waals surface area contributed by atoms with Gasteiger partial charge in [-0.05, 0) is 54.8 Å². The molecule has 1 fully saturated rings. The lowest BCUT2D eigenvalue weighted by molar-refractivity contribution is -0.274. The number of rotatable bonds is 4. The number of benzene rings is 1. The lowest BCUT2D eigenvalue weighted by atomic mass is 9.79. The van der Waals surface area contributed by atoms with Crippen LogP contribution in [-0.4, -0.2) is 12.9 Å². The molecular formula is C15H20F3NO. The Bertz CT molecular complexity index is 443. The standard InChI is InChI=1S/C15H20F3NO/c1-11-6-7-14(8-11,10-19)9-12-2-4-13(5-3-12)20-15(16,17)18/h2-5,11H,6-10,19H2,1H3. The van der Waals surface area contributed by atoms with Crippen molar-refractivity contribution in [3.63, 3.8) is 0 Å². The third-order valence-corrected chi connectivity index (χ3v) is 4.12. The van der Waals surface area contributed by atoms with Gasteiger partial charge >= 0.3 is 6.36 Å². The molecule has 5 heteroatoms. The van der Waals surface area contributed by atoms with Gasteiger partial charge < -0.3 is 10.5 Å². The highest BCUT2D eigenvalue weighted by Crippen LogP contribution is 2.43. The van der Waals surface area contributed by atoms with E-state index < -0.39 is 6.36 Å². The molecule has 1 aliphatic carbocycles. The Morgan fingerprint density at radius 3 is 2.40 bits per heavy atom. The van der Waals surface area contributed by atoms with Gasteiger partial charge in [0.15, 0.2) is 0 Å². The van der Waals surface area contributed by atoms with Gasteiger partial charge in [-0.15, -0.1) is 13.2 Å². The molecule has 20 heavy (non-hydrogen) atoms. The summed E-state index contributed by atoms with van der Waals surface area (Å²) < 4.78 is 40.1. The van der Waals surface area contributed by atoms with Crippen LogP contribution < -0.4 is 10.5 Å². The second kappa shape index (κ2) is 5.64. The summed E-state index contributed by atoms with van der Waals surface area (Å²) in [5.41, 5.74) is 7.03. The van der Waals surface area contributed by atoms with Crippen molar-refractivity contribution in [2.24, 2.45) is 17.1 Å². The largest absolute Gasteiger partial charge is 0.573 e. The van der Waals surface area contributed by atoms with Gasteiger partial charge in [-0.1, -0.05) is 25.5 Å². The Morgan fingerprint density at radius 1 is 1.30 bits per heavy atom. The molecule has 0 heterocycles. The fourth-order valence-electron chi connectivity index (χ4n) is 3.16. The molecule has 2 unspecified atom stereocenters. The van der Waals surface area contributed by atoms with E-state index in [2.05, 4.69) is 11.7 Å². The highest BCUT2D eigenvalue weighted by Gasteiger charge is 2.36. The van der Waals surface area contributed by atoms with Crippen LogP contribution in [0.25, 0.3) is 0 Å². The SMILES string of the molecule is CC1CCC(CN)(Cc2ccc(OC(F)(F)F)cc2)C1. The first kappa shape index (κ1) is 15.2. The quantitative estimate of drug-likeness (QED) is 0.911. The third kappa shape index (κ3) is 3.88. The molecular weight excluding hydrogens is 267 g/mol. The molecule has 112 valence electrons. The van der Waals surface area contributed by atoms with Gasteiger partial charge in [0.2, 0.25) is 0 Å². The molecule has 2 N–H and O–H groups in total. The summed E-state index contributed by atoms with van der Waals surface area (Å²) >= 11 is 0. The van der Waals surface area contributed by atoms with Crippen LogP contribution in [0, 0.1) is 11.3 Å². The summed E-state index contributed by atoms with van der Waals surface area (Å²) in [6.07, 6.45) is -0.469. The minimum Gasteiger partial charge on any atom is -0.406 e. The van der Waals surface area contributed by atoms with E-state index in [1.165, 1.54) is 18.6 Å². The Morgan fingerprint density at radius 2 is 1.95 bits per heavy atom. The molecule has 2 nitrogen and oxygen atoms in total. The lowest BCUT2D eigenvalue weighted by Gasteiger charge is -2.27. The molecule has 2 rings (SSSR count). The van der Waals surface area contributed by atoms with Gasteiger partial charge in [-0.25, -0.2) is 0 Å². The maximum atomic E-state index is 12.1. The van der Waals surface area contributed by atoms with Gasteiger partial charge in [0, 0.05) is 0 Å². The molecule has 0 spiro atoms. The summed E-state index contributed by atoms with van der Waals surface area (Å²) in [4.78, 5) is 0. The Labute approximate surface area is 117 Å². The van der Waals surface area contributed by atoms with Crippen molar-refractivity contribution in [1.82, 2.24) is 0 Å². The van der Waals surface area contributed by atoms with Crippen LogP contribution in [0.2, 0.25) is 0 Å². The predicted molar refractivity (Wildman–Crippen MR) is 71.3 cm³/mol. The van der Waals surface area contributed by atoms with Gasteiger partial charge in [-0.3, -0.25) is 0 Å². The summed E-state index contributed by atoms with van der Waals surface area (Å²) in [5.74, 6) is 0.495. The molecule has 2 atom stereocenters. The normalized spacial score (nSPS) is 26.8. The van der Waals surface area contributed by atoms with E-state index in [-0.39, 0.29) is 11.2 Å². The Kier molecular flexibility index (Phi) is 4.28. The van der Waals surface area contributed by atoms with Crippen molar-refractivity contribution in [3.8, 4) is 5.75 Å². The zero-order valence-electron chi connectivity index (χ0n) is 11.5. The highest BCUT2D eigenvalue weighted by atomic mass is 19.4. The van der Waals surface area contributed by atoms with Crippen molar-refractivity contribution in [3.05, 3.63) is 29.8 Å². The fraction of sp³-hybridized carbons (Fsp3) is 0.600. The van der Waals surface area contributed by atoms with Crippen molar-refractivity contribution < 1.29 is 17.9 Å². The van der Waals surface area contributed by atoms with Gasteiger partial charge in [0.25, 0.3) is 0 Å². The predicted octanol–water partition coefficient (Wildman–Crippen LogP) is 3.89. The second-order valence-electron chi connectivity index (χ2n) is 5.92. The number of hydrogen-bond donors (Lipinski definition) is 1. The molecule has 0 radical (unpaired) electrons. The Hall–Kier alpha value is -1.23. The maximum Gasteiger partial charge on any atom is 0.573 e. The van der Waals surface area contributed by atoms with Crippen LogP contribution in [0.15, 0.2) is 24.3 Å². The van der Waals surface area contributed by atoms with Crippen molar-refractivity contribution in [2.75, 3.05) is 6.54 Å². The zero-order valence-corrected chi connectivity index (χ0v) is 11.5. The second-order valence-corrected chi connectivity index (χ2v) is 5.92. The average Bonchev–Trinajstić information content (AvgIpc) is 2.72. The first-order valence-electron chi connectivity index (χ1n) is 6.87. The van der Waals surface area contributed by atoms with Crippen molar-refractivity contribution in [2.45, 2.75) is 39.0 Å². The smallest absolute Gasteiger partial charge is 0.406 e. The van der Waals surface area contributed by atoms with Gasteiger partial charge in [0.1, 0.15) is 5.75 Å². The molecule has 0 aliphatic heterocycles. The molecule has 0 aromatic heterocycles. The monoisotopic (exact) mass is 287 g/mol. The fourth-order valence-corrected chi connectivity index (χ4v) is 3.16. The van der Waals surface area contributed by atoms with E-state index in [0.717, 1.165) is 24.8 Å². The van der Waals surface area contributed by atoms with Crippen molar-refractivity contribution >= 4 is 0 Å². The first-order chi connectivity index (χ1) is 9.32. The summed E-state index contributed by atoms with van der Waals surface area (Å²) in [6.45, 7) is 2.84. The average molecular weight is 287 g/mol. The van der Waals surface area contributed by atoms with Crippen LogP contribution >= 0.6 is 0 Å². The van der Waals surface area contributed by atoms with Crippen LogP contribution in [0.5, 0.6) is 5.75 Å². The van der Waals surface area contributed by atoms with E-state index in [4.69, 9.17) is 5.73 Å². The van der Waals surface area contributed by atoms with E-state index >= 15 is 0 Å². The van der Waals surface area contributed by atoms with Crippen LogP contribution in [-0.2, 0) is 6.42 Å². The molecule has 1 saturated carbocycles.